The van der Waals surface area contributed by atoms with Gasteiger partial charge in [-0.15, -0.1) is 0 Å². The minimum absolute atomic E-state index is 0.302. The number of benzene rings is 2. The largest absolute Gasteiger partial charge is 0.368 e. The van der Waals surface area contributed by atoms with E-state index in [0.717, 1.165) is 11.1 Å². The summed E-state index contributed by atoms with van der Waals surface area (Å²) >= 11 is 0. The highest BCUT2D eigenvalue weighted by Gasteiger charge is 2.69. The van der Waals surface area contributed by atoms with E-state index in [-0.39, 0.29) is 0 Å². The molecule has 2 unspecified atom stereocenters. The Morgan fingerprint density at radius 2 is 0.738 bits per heavy atom. The maximum atomic E-state index is 6.76. The van der Waals surface area contributed by atoms with E-state index in [4.69, 9.17) is 47.4 Å². The van der Waals surface area contributed by atoms with Crippen LogP contribution in [0.3, 0.4) is 0 Å². The summed E-state index contributed by atoms with van der Waals surface area (Å²) in [5.74, 6) is -5.13. The van der Waals surface area contributed by atoms with Crippen molar-refractivity contribution in [1.29, 1.82) is 0 Å². The first-order valence-electron chi connectivity index (χ1n) is 14.3. The van der Waals surface area contributed by atoms with Gasteiger partial charge in [-0.25, -0.2) is 0 Å². The molecule has 1 saturated carbocycles. The van der Waals surface area contributed by atoms with Crippen LogP contribution in [0.2, 0.25) is 0 Å². The van der Waals surface area contributed by atoms with Crippen molar-refractivity contribution < 1.29 is 47.4 Å². The Hall–Kier alpha value is -1.96. The van der Waals surface area contributed by atoms with E-state index >= 15 is 0 Å². The molecule has 3 aliphatic rings. The molecule has 0 spiro atoms. The van der Waals surface area contributed by atoms with Gasteiger partial charge in [-0.1, -0.05) is 60.7 Å². The zero-order valence-electron chi connectivity index (χ0n) is 25.7. The van der Waals surface area contributed by atoms with Crippen molar-refractivity contribution in [3.8, 4) is 0 Å². The van der Waals surface area contributed by atoms with E-state index in [1.54, 1.807) is 56.1 Å². The average molecular weight is 589 g/mol. The minimum Gasteiger partial charge on any atom is -0.368 e. The molecule has 2 aliphatic heterocycles. The first-order chi connectivity index (χ1) is 20.1. The molecule has 0 amide bonds. The van der Waals surface area contributed by atoms with Crippen LogP contribution in [-0.2, 0) is 60.6 Å². The third-order valence-electron chi connectivity index (χ3n) is 9.17. The van der Waals surface area contributed by atoms with Gasteiger partial charge in [0.1, 0.15) is 36.6 Å². The van der Waals surface area contributed by atoms with Crippen LogP contribution in [-0.4, -0.2) is 88.2 Å². The van der Waals surface area contributed by atoms with Crippen LogP contribution >= 0.6 is 0 Å². The summed E-state index contributed by atoms with van der Waals surface area (Å²) in [6.07, 6.45) is -4.13. The van der Waals surface area contributed by atoms with Crippen molar-refractivity contribution >= 4 is 0 Å². The summed E-state index contributed by atoms with van der Waals surface area (Å²) in [4.78, 5) is 0. The first-order valence-corrected chi connectivity index (χ1v) is 14.3. The van der Waals surface area contributed by atoms with Gasteiger partial charge in [0.2, 0.25) is 23.1 Å². The van der Waals surface area contributed by atoms with Crippen molar-refractivity contribution in [2.45, 2.75) is 101 Å². The molecule has 2 aromatic rings. The summed E-state index contributed by atoms with van der Waals surface area (Å²) in [5, 5.41) is 0. The SMILES string of the molecule is CO[C@@]1(C)O[C@@H]2C(OCc3ccccc3)[C@@H]3O[C@@](C)(OC)[C@](C)(OC)O[C@H]3C(OCc3ccccc3)[C@H]2O[C@]1(C)OC. The predicted octanol–water partition coefficient (Wildman–Crippen LogP) is 4.19. The number of rotatable bonds is 10. The van der Waals surface area contributed by atoms with Crippen LogP contribution in [0.4, 0.5) is 0 Å². The Kier molecular flexibility index (Phi) is 9.14. The van der Waals surface area contributed by atoms with Gasteiger partial charge >= 0.3 is 0 Å². The monoisotopic (exact) mass is 588 g/mol. The van der Waals surface area contributed by atoms with E-state index in [0.29, 0.717) is 13.2 Å². The van der Waals surface area contributed by atoms with Crippen molar-refractivity contribution in [2.24, 2.45) is 0 Å². The van der Waals surface area contributed by atoms with Crippen molar-refractivity contribution in [2.75, 3.05) is 28.4 Å². The number of ether oxygens (including phenoxy) is 10. The number of methoxy groups -OCH3 is 4. The molecule has 10 heteroatoms. The molecule has 42 heavy (non-hydrogen) atoms. The van der Waals surface area contributed by atoms with Crippen molar-refractivity contribution in [3.63, 3.8) is 0 Å². The van der Waals surface area contributed by atoms with Gasteiger partial charge in [-0.2, -0.15) is 0 Å². The lowest BCUT2D eigenvalue weighted by atomic mass is 9.80. The van der Waals surface area contributed by atoms with Crippen molar-refractivity contribution in [1.82, 2.24) is 0 Å². The van der Waals surface area contributed by atoms with Gasteiger partial charge in [0.15, 0.2) is 0 Å². The summed E-state index contributed by atoms with van der Waals surface area (Å²) in [5.41, 5.74) is 1.99. The van der Waals surface area contributed by atoms with Gasteiger partial charge in [0.25, 0.3) is 0 Å². The van der Waals surface area contributed by atoms with E-state index in [2.05, 4.69) is 0 Å². The summed E-state index contributed by atoms with van der Waals surface area (Å²) in [6.45, 7) is 7.74. The van der Waals surface area contributed by atoms with Gasteiger partial charge in [-0.3, -0.25) is 0 Å². The molecule has 10 nitrogen and oxygen atoms in total. The highest BCUT2D eigenvalue weighted by atomic mass is 16.8. The molecule has 10 atom stereocenters. The maximum absolute atomic E-state index is 6.76. The van der Waals surface area contributed by atoms with Crippen LogP contribution in [0.5, 0.6) is 0 Å². The molecule has 5 rings (SSSR count). The number of hydrogen-bond donors (Lipinski definition) is 0. The molecule has 0 aromatic heterocycles. The smallest absolute Gasteiger partial charge is 0.220 e. The number of fused-ring (bicyclic) bond motifs is 2. The molecule has 2 heterocycles. The van der Waals surface area contributed by atoms with E-state index < -0.39 is 59.8 Å². The third-order valence-corrected chi connectivity index (χ3v) is 9.17. The molecule has 1 aliphatic carbocycles. The lowest BCUT2D eigenvalue weighted by molar-refractivity contribution is -0.507. The Morgan fingerprint density at radius 1 is 0.476 bits per heavy atom. The van der Waals surface area contributed by atoms with E-state index in [1.807, 2.05) is 60.7 Å². The number of hydrogen-bond acceptors (Lipinski definition) is 10. The molecule has 2 aromatic carbocycles. The van der Waals surface area contributed by atoms with Crippen LogP contribution < -0.4 is 0 Å². The second-order valence-electron chi connectivity index (χ2n) is 11.5. The second-order valence-corrected chi connectivity index (χ2v) is 11.5. The fourth-order valence-corrected chi connectivity index (χ4v) is 5.97. The quantitative estimate of drug-likeness (QED) is 0.402. The first kappa shape index (κ1) is 31.5. The standard InChI is InChI=1S/C32H44O10/c1-29(33-5)30(2,34-6)40-26-24(38-20-22-17-13-10-14-18-22)28-27(41-31(3,35-7)32(4,36-8)42-28)23(25(26)39-29)37-19-21-15-11-9-12-16-21/h9-18,23-28H,19-20H2,1-8H3/t23?,24?,25-,26-,27+,28+,29+,30+,31-,32-. The fraction of sp³-hybridized carbons (Fsp3) is 0.625. The highest BCUT2D eigenvalue weighted by Crippen LogP contribution is 2.50. The Morgan fingerprint density at radius 3 is 0.976 bits per heavy atom. The van der Waals surface area contributed by atoms with E-state index in [9.17, 15) is 0 Å². The molecule has 2 saturated heterocycles. The molecular formula is C32H44O10. The van der Waals surface area contributed by atoms with E-state index in [1.165, 1.54) is 0 Å². The molecule has 3 fully saturated rings. The molecule has 232 valence electrons. The lowest BCUT2D eigenvalue weighted by Crippen LogP contribution is -2.79. The Balaban J connectivity index is 1.58. The van der Waals surface area contributed by atoms with Gasteiger partial charge in [0, 0.05) is 28.4 Å². The zero-order valence-corrected chi connectivity index (χ0v) is 25.7. The van der Waals surface area contributed by atoms with Gasteiger partial charge in [0.05, 0.1) is 13.2 Å². The molecular weight excluding hydrogens is 544 g/mol. The summed E-state index contributed by atoms with van der Waals surface area (Å²) in [6, 6.07) is 19.8. The van der Waals surface area contributed by atoms with Crippen LogP contribution in [0.25, 0.3) is 0 Å². The molecule has 0 N–H and O–H groups in total. The highest BCUT2D eigenvalue weighted by molar-refractivity contribution is 5.16. The average Bonchev–Trinajstić information content (AvgIpc) is 3.01. The maximum Gasteiger partial charge on any atom is 0.220 e. The van der Waals surface area contributed by atoms with Crippen LogP contribution in [0.15, 0.2) is 60.7 Å². The van der Waals surface area contributed by atoms with Crippen LogP contribution in [0.1, 0.15) is 38.8 Å². The lowest BCUT2D eigenvalue weighted by Gasteiger charge is -2.62. The summed E-state index contributed by atoms with van der Waals surface area (Å²) < 4.78 is 63.8. The minimum atomic E-state index is -1.28. The summed E-state index contributed by atoms with van der Waals surface area (Å²) in [7, 11) is 6.23. The predicted molar refractivity (Wildman–Crippen MR) is 151 cm³/mol. The molecule has 0 radical (unpaired) electrons. The Bertz CT molecular complexity index is 1030. The third kappa shape index (κ3) is 5.43. The normalized spacial score (nSPS) is 41.6. The second kappa shape index (κ2) is 12.2. The topological polar surface area (TPSA) is 92.3 Å². The van der Waals surface area contributed by atoms with Gasteiger partial charge < -0.3 is 47.4 Å². The van der Waals surface area contributed by atoms with Crippen LogP contribution in [0, 0.1) is 0 Å². The fourth-order valence-electron chi connectivity index (χ4n) is 5.97. The Labute approximate surface area is 248 Å². The molecule has 0 bridgehead atoms. The van der Waals surface area contributed by atoms with Gasteiger partial charge in [-0.05, 0) is 38.8 Å². The zero-order chi connectivity index (χ0) is 30.2. The van der Waals surface area contributed by atoms with Crippen molar-refractivity contribution in [3.05, 3.63) is 71.8 Å².